The summed E-state index contributed by atoms with van der Waals surface area (Å²) < 4.78 is 5.45. The Kier molecular flexibility index (Phi) is 6.22. The first-order chi connectivity index (χ1) is 10.1. The third kappa shape index (κ3) is 4.80. The Balaban J connectivity index is 1.92. The van der Waals surface area contributed by atoms with Crippen LogP contribution in [0, 0.1) is 13.8 Å². The first-order valence-electron chi connectivity index (χ1n) is 8.13. The predicted molar refractivity (Wildman–Crippen MR) is 88.8 cm³/mol. The highest BCUT2D eigenvalue weighted by molar-refractivity contribution is 5.30. The number of benzene rings is 1. The molecule has 1 atom stereocenters. The van der Waals surface area contributed by atoms with Crippen molar-refractivity contribution < 1.29 is 4.74 Å². The molecule has 0 amide bonds. The van der Waals surface area contributed by atoms with Crippen LogP contribution in [0.25, 0.3) is 0 Å². The molecule has 118 valence electrons. The summed E-state index contributed by atoms with van der Waals surface area (Å²) in [6, 6.07) is 7.98. The van der Waals surface area contributed by atoms with Gasteiger partial charge in [0.15, 0.2) is 0 Å². The van der Waals surface area contributed by atoms with Crippen molar-refractivity contribution in [1.82, 2.24) is 10.2 Å². The van der Waals surface area contributed by atoms with Crippen LogP contribution in [0.5, 0.6) is 0 Å². The molecule has 0 radical (unpaired) electrons. The van der Waals surface area contributed by atoms with E-state index in [-0.39, 0.29) is 0 Å². The lowest BCUT2D eigenvalue weighted by Gasteiger charge is -2.32. The average Bonchev–Trinajstić information content (AvgIpc) is 2.47. The van der Waals surface area contributed by atoms with Crippen LogP contribution in [-0.4, -0.2) is 44.8 Å². The Bertz CT molecular complexity index is 421. The molecule has 0 saturated carbocycles. The molecule has 1 saturated heterocycles. The zero-order chi connectivity index (χ0) is 15.2. The maximum atomic E-state index is 5.45. The predicted octanol–water partition coefficient (Wildman–Crippen LogP) is 3.06. The van der Waals surface area contributed by atoms with Gasteiger partial charge in [-0.3, -0.25) is 0 Å². The second-order valence-electron chi connectivity index (χ2n) is 6.38. The van der Waals surface area contributed by atoms with Crippen molar-refractivity contribution in [3.63, 3.8) is 0 Å². The Hall–Kier alpha value is -0.900. The SMILES string of the molecule is CNC(CCN(C)C1CCOCC1)c1cc(C)cc(C)c1. The molecule has 0 aliphatic carbocycles. The number of nitrogens with zero attached hydrogens (tertiary/aromatic N) is 1. The fourth-order valence-electron chi connectivity index (χ4n) is 3.33. The van der Waals surface area contributed by atoms with E-state index >= 15 is 0 Å². The first kappa shape index (κ1) is 16.5. The van der Waals surface area contributed by atoms with E-state index in [1.54, 1.807) is 0 Å². The Labute approximate surface area is 129 Å². The highest BCUT2D eigenvalue weighted by Gasteiger charge is 2.19. The summed E-state index contributed by atoms with van der Waals surface area (Å²) in [7, 11) is 4.32. The molecule has 1 unspecified atom stereocenters. The van der Waals surface area contributed by atoms with Gasteiger partial charge >= 0.3 is 0 Å². The third-order valence-electron chi connectivity index (χ3n) is 4.58. The van der Waals surface area contributed by atoms with E-state index < -0.39 is 0 Å². The van der Waals surface area contributed by atoms with E-state index in [9.17, 15) is 0 Å². The van der Waals surface area contributed by atoms with Gasteiger partial charge in [-0.25, -0.2) is 0 Å². The third-order valence-corrected chi connectivity index (χ3v) is 4.58. The standard InChI is InChI=1S/C18H30N2O/c1-14-11-15(2)13-16(12-14)18(19-3)5-8-20(4)17-6-9-21-10-7-17/h11-13,17-19H,5-10H2,1-4H3. The van der Waals surface area contributed by atoms with Crippen LogP contribution >= 0.6 is 0 Å². The quantitative estimate of drug-likeness (QED) is 0.871. The first-order valence-corrected chi connectivity index (χ1v) is 8.13. The van der Waals surface area contributed by atoms with E-state index in [1.165, 1.54) is 29.5 Å². The van der Waals surface area contributed by atoms with Crippen molar-refractivity contribution in [3.8, 4) is 0 Å². The van der Waals surface area contributed by atoms with Crippen molar-refractivity contribution in [3.05, 3.63) is 34.9 Å². The van der Waals surface area contributed by atoms with Gasteiger partial charge in [0.25, 0.3) is 0 Å². The maximum Gasteiger partial charge on any atom is 0.0480 e. The molecule has 1 aliphatic heterocycles. The lowest BCUT2D eigenvalue weighted by Crippen LogP contribution is -2.38. The van der Waals surface area contributed by atoms with Gasteiger partial charge in [-0.1, -0.05) is 29.3 Å². The Morgan fingerprint density at radius 3 is 2.38 bits per heavy atom. The van der Waals surface area contributed by atoms with E-state index in [1.807, 2.05) is 0 Å². The van der Waals surface area contributed by atoms with Crippen LogP contribution in [0.1, 0.15) is 42.0 Å². The van der Waals surface area contributed by atoms with E-state index in [0.717, 1.165) is 26.2 Å². The number of ether oxygens (including phenoxy) is 1. The summed E-state index contributed by atoms with van der Waals surface area (Å²) in [6.07, 6.45) is 3.49. The van der Waals surface area contributed by atoms with E-state index in [4.69, 9.17) is 4.74 Å². The summed E-state index contributed by atoms with van der Waals surface area (Å²) in [5, 5.41) is 3.48. The van der Waals surface area contributed by atoms with Gasteiger partial charge in [-0.2, -0.15) is 0 Å². The summed E-state index contributed by atoms with van der Waals surface area (Å²) in [5.74, 6) is 0. The minimum Gasteiger partial charge on any atom is -0.381 e. The summed E-state index contributed by atoms with van der Waals surface area (Å²) >= 11 is 0. The zero-order valence-electron chi connectivity index (χ0n) is 14.0. The van der Waals surface area contributed by atoms with Crippen LogP contribution in [0.15, 0.2) is 18.2 Å². The second kappa shape index (κ2) is 7.92. The van der Waals surface area contributed by atoms with Crippen LogP contribution in [-0.2, 0) is 4.74 Å². The molecule has 3 heteroatoms. The van der Waals surface area contributed by atoms with Gasteiger partial charge in [0, 0.05) is 25.3 Å². The topological polar surface area (TPSA) is 24.5 Å². The Morgan fingerprint density at radius 2 is 1.81 bits per heavy atom. The second-order valence-corrected chi connectivity index (χ2v) is 6.38. The molecule has 1 aromatic carbocycles. The fourth-order valence-corrected chi connectivity index (χ4v) is 3.33. The van der Waals surface area contributed by atoms with Gasteiger partial charge in [-0.05, 0) is 59.3 Å². The van der Waals surface area contributed by atoms with E-state index in [2.05, 4.69) is 56.4 Å². The minimum absolute atomic E-state index is 0.436. The van der Waals surface area contributed by atoms with Crippen molar-refractivity contribution >= 4 is 0 Å². The average molecular weight is 290 g/mol. The van der Waals surface area contributed by atoms with Crippen molar-refractivity contribution in [2.45, 2.75) is 45.2 Å². The van der Waals surface area contributed by atoms with Crippen molar-refractivity contribution in [1.29, 1.82) is 0 Å². The summed E-state index contributed by atoms with van der Waals surface area (Å²) in [6.45, 7) is 7.32. The lowest BCUT2D eigenvalue weighted by molar-refractivity contribution is 0.0420. The normalized spacial score (nSPS) is 18.1. The lowest BCUT2D eigenvalue weighted by atomic mass is 9.98. The molecular formula is C18H30N2O. The molecule has 2 rings (SSSR count). The molecule has 1 N–H and O–H groups in total. The zero-order valence-corrected chi connectivity index (χ0v) is 14.0. The molecule has 1 heterocycles. The van der Waals surface area contributed by atoms with Gasteiger partial charge < -0.3 is 15.0 Å². The van der Waals surface area contributed by atoms with Crippen LogP contribution in [0.2, 0.25) is 0 Å². The minimum atomic E-state index is 0.436. The fraction of sp³-hybridized carbons (Fsp3) is 0.667. The molecule has 1 aliphatic rings. The van der Waals surface area contributed by atoms with E-state index in [0.29, 0.717) is 12.1 Å². The molecule has 0 aromatic heterocycles. The highest BCUT2D eigenvalue weighted by atomic mass is 16.5. The molecule has 0 bridgehead atoms. The van der Waals surface area contributed by atoms with Crippen LogP contribution in [0.4, 0.5) is 0 Å². The highest BCUT2D eigenvalue weighted by Crippen LogP contribution is 2.21. The molecular weight excluding hydrogens is 260 g/mol. The molecule has 1 fully saturated rings. The van der Waals surface area contributed by atoms with Crippen molar-refractivity contribution in [2.24, 2.45) is 0 Å². The summed E-state index contributed by atoms with van der Waals surface area (Å²) in [4.78, 5) is 2.51. The number of nitrogens with one attached hydrogen (secondary N) is 1. The Morgan fingerprint density at radius 1 is 1.19 bits per heavy atom. The number of hydrogen-bond acceptors (Lipinski definition) is 3. The molecule has 1 aromatic rings. The van der Waals surface area contributed by atoms with Crippen LogP contribution < -0.4 is 5.32 Å². The van der Waals surface area contributed by atoms with Crippen LogP contribution in [0.3, 0.4) is 0 Å². The number of aryl methyl sites for hydroxylation is 2. The van der Waals surface area contributed by atoms with Gasteiger partial charge in [-0.15, -0.1) is 0 Å². The van der Waals surface area contributed by atoms with Gasteiger partial charge in [0.2, 0.25) is 0 Å². The number of hydrogen-bond donors (Lipinski definition) is 1. The molecule has 3 nitrogen and oxygen atoms in total. The number of rotatable bonds is 6. The largest absolute Gasteiger partial charge is 0.381 e. The summed E-state index contributed by atoms with van der Waals surface area (Å²) in [5.41, 5.74) is 4.11. The van der Waals surface area contributed by atoms with Gasteiger partial charge in [0.1, 0.15) is 0 Å². The molecule has 21 heavy (non-hydrogen) atoms. The van der Waals surface area contributed by atoms with Crippen molar-refractivity contribution in [2.75, 3.05) is 33.9 Å². The van der Waals surface area contributed by atoms with Gasteiger partial charge in [0.05, 0.1) is 0 Å². The monoisotopic (exact) mass is 290 g/mol. The maximum absolute atomic E-state index is 5.45. The smallest absolute Gasteiger partial charge is 0.0480 e. The molecule has 0 spiro atoms.